The van der Waals surface area contributed by atoms with E-state index in [9.17, 15) is 5.11 Å². The zero-order valence-corrected chi connectivity index (χ0v) is 6.92. The fraction of sp³-hybridized carbons (Fsp3) is 1.00. The quantitative estimate of drug-likeness (QED) is 0.544. The Labute approximate surface area is 68.0 Å². The summed E-state index contributed by atoms with van der Waals surface area (Å²) in [6.07, 6.45) is 5.94. The van der Waals surface area contributed by atoms with Crippen molar-refractivity contribution in [1.29, 1.82) is 0 Å². The molecule has 2 nitrogen and oxygen atoms in total. The number of rotatable bonds is 0. The molecule has 0 bridgehead atoms. The first-order valence-corrected chi connectivity index (χ1v) is 4.78. The minimum Gasteiger partial charge on any atom is -0.393 e. The van der Waals surface area contributed by atoms with Crippen LogP contribution in [0.2, 0.25) is 0 Å². The lowest BCUT2D eigenvalue weighted by molar-refractivity contribution is 0.0711. The third kappa shape index (κ3) is 1.57. The summed E-state index contributed by atoms with van der Waals surface area (Å²) in [5.41, 5.74) is 0. The monoisotopic (exact) mass is 155 g/mol. The minimum atomic E-state index is -0.0261. The van der Waals surface area contributed by atoms with Gasteiger partial charge in [0.1, 0.15) is 0 Å². The van der Waals surface area contributed by atoms with Crippen LogP contribution in [0.5, 0.6) is 0 Å². The minimum absolute atomic E-state index is 0.0261. The van der Waals surface area contributed by atoms with E-state index in [0.717, 1.165) is 25.3 Å². The number of piperidine rings is 1. The highest BCUT2D eigenvalue weighted by Gasteiger charge is 2.30. The van der Waals surface area contributed by atoms with Gasteiger partial charge in [0, 0.05) is 6.04 Å². The number of nitrogens with one attached hydrogen (secondary N) is 1. The SMILES string of the molecule is O[C@@H]1CC[C@@H]2CCCN[C@H]2C1. The Bertz CT molecular complexity index is 138. The number of hydrogen-bond donors (Lipinski definition) is 2. The Morgan fingerprint density at radius 1 is 1.18 bits per heavy atom. The van der Waals surface area contributed by atoms with Crippen LogP contribution in [-0.2, 0) is 0 Å². The molecule has 1 aliphatic carbocycles. The molecule has 2 heteroatoms. The van der Waals surface area contributed by atoms with Gasteiger partial charge in [-0.1, -0.05) is 0 Å². The van der Waals surface area contributed by atoms with Crippen LogP contribution in [0, 0.1) is 5.92 Å². The normalized spacial score (nSPS) is 45.0. The second-order valence-electron chi connectivity index (χ2n) is 3.93. The van der Waals surface area contributed by atoms with E-state index in [2.05, 4.69) is 5.32 Å². The topological polar surface area (TPSA) is 32.3 Å². The predicted octanol–water partition coefficient (Wildman–Crippen LogP) is 0.899. The zero-order valence-electron chi connectivity index (χ0n) is 6.92. The van der Waals surface area contributed by atoms with Crippen LogP contribution < -0.4 is 5.32 Å². The zero-order chi connectivity index (χ0) is 7.68. The van der Waals surface area contributed by atoms with Crippen LogP contribution in [0.15, 0.2) is 0 Å². The van der Waals surface area contributed by atoms with E-state index in [1.807, 2.05) is 0 Å². The molecule has 0 aromatic rings. The maximum Gasteiger partial charge on any atom is 0.0555 e. The molecule has 2 fully saturated rings. The molecule has 0 radical (unpaired) electrons. The van der Waals surface area contributed by atoms with Crippen molar-refractivity contribution in [3.8, 4) is 0 Å². The van der Waals surface area contributed by atoms with Gasteiger partial charge in [-0.3, -0.25) is 0 Å². The maximum atomic E-state index is 9.41. The van der Waals surface area contributed by atoms with E-state index in [1.54, 1.807) is 0 Å². The van der Waals surface area contributed by atoms with E-state index < -0.39 is 0 Å². The van der Waals surface area contributed by atoms with Crippen molar-refractivity contribution in [2.75, 3.05) is 6.54 Å². The Hall–Kier alpha value is -0.0800. The lowest BCUT2D eigenvalue weighted by atomic mass is 9.78. The Kier molecular flexibility index (Phi) is 2.14. The first-order chi connectivity index (χ1) is 5.36. The lowest BCUT2D eigenvalue weighted by Crippen LogP contribution is -2.46. The third-order valence-corrected chi connectivity index (χ3v) is 3.12. The van der Waals surface area contributed by atoms with Gasteiger partial charge >= 0.3 is 0 Å². The molecule has 0 aromatic heterocycles. The smallest absolute Gasteiger partial charge is 0.0555 e. The van der Waals surface area contributed by atoms with Crippen molar-refractivity contribution in [2.45, 2.75) is 44.2 Å². The van der Waals surface area contributed by atoms with Gasteiger partial charge in [-0.2, -0.15) is 0 Å². The van der Waals surface area contributed by atoms with E-state index in [4.69, 9.17) is 0 Å². The average Bonchev–Trinajstić information content (AvgIpc) is 2.04. The number of fused-ring (bicyclic) bond motifs is 1. The number of hydrogen-bond acceptors (Lipinski definition) is 2. The Balaban J connectivity index is 1.93. The summed E-state index contributed by atoms with van der Waals surface area (Å²) in [5.74, 6) is 0.868. The molecule has 1 aliphatic heterocycles. The van der Waals surface area contributed by atoms with Crippen LogP contribution in [0.1, 0.15) is 32.1 Å². The first-order valence-electron chi connectivity index (χ1n) is 4.78. The molecular formula is C9H17NO. The third-order valence-electron chi connectivity index (χ3n) is 3.12. The molecular weight excluding hydrogens is 138 g/mol. The summed E-state index contributed by atoms with van der Waals surface area (Å²) in [6.45, 7) is 1.16. The van der Waals surface area contributed by atoms with Crippen molar-refractivity contribution >= 4 is 0 Å². The van der Waals surface area contributed by atoms with Gasteiger partial charge in [-0.15, -0.1) is 0 Å². The van der Waals surface area contributed by atoms with E-state index >= 15 is 0 Å². The highest BCUT2D eigenvalue weighted by Crippen LogP contribution is 2.30. The van der Waals surface area contributed by atoms with Crippen molar-refractivity contribution < 1.29 is 5.11 Å². The van der Waals surface area contributed by atoms with E-state index in [1.165, 1.54) is 19.3 Å². The summed E-state index contributed by atoms with van der Waals surface area (Å²) < 4.78 is 0. The molecule has 64 valence electrons. The van der Waals surface area contributed by atoms with E-state index in [0.29, 0.717) is 6.04 Å². The van der Waals surface area contributed by atoms with Gasteiger partial charge in [0.15, 0.2) is 0 Å². The first kappa shape index (κ1) is 7.56. The highest BCUT2D eigenvalue weighted by molar-refractivity contribution is 4.87. The van der Waals surface area contributed by atoms with Gasteiger partial charge in [-0.25, -0.2) is 0 Å². The van der Waals surface area contributed by atoms with Crippen LogP contribution >= 0.6 is 0 Å². The second-order valence-corrected chi connectivity index (χ2v) is 3.93. The molecule has 0 spiro atoms. The van der Waals surface area contributed by atoms with Gasteiger partial charge in [0.05, 0.1) is 6.10 Å². The van der Waals surface area contributed by atoms with Gasteiger partial charge in [0.25, 0.3) is 0 Å². The van der Waals surface area contributed by atoms with Gasteiger partial charge in [0.2, 0.25) is 0 Å². The molecule has 2 N–H and O–H groups in total. The van der Waals surface area contributed by atoms with Crippen molar-refractivity contribution in [3.63, 3.8) is 0 Å². The average molecular weight is 155 g/mol. The lowest BCUT2D eigenvalue weighted by Gasteiger charge is -2.38. The van der Waals surface area contributed by atoms with Gasteiger partial charge < -0.3 is 10.4 Å². The second kappa shape index (κ2) is 3.11. The highest BCUT2D eigenvalue weighted by atomic mass is 16.3. The summed E-state index contributed by atoms with van der Waals surface area (Å²) >= 11 is 0. The Morgan fingerprint density at radius 2 is 2.09 bits per heavy atom. The fourth-order valence-corrected chi connectivity index (χ4v) is 2.46. The molecule has 0 aromatic carbocycles. The van der Waals surface area contributed by atoms with E-state index in [-0.39, 0.29) is 6.10 Å². The van der Waals surface area contributed by atoms with Crippen LogP contribution in [0.4, 0.5) is 0 Å². The summed E-state index contributed by atoms with van der Waals surface area (Å²) in [4.78, 5) is 0. The molecule has 0 unspecified atom stereocenters. The Morgan fingerprint density at radius 3 is 3.00 bits per heavy atom. The van der Waals surface area contributed by atoms with Crippen molar-refractivity contribution in [2.24, 2.45) is 5.92 Å². The molecule has 2 rings (SSSR count). The van der Waals surface area contributed by atoms with Gasteiger partial charge in [-0.05, 0) is 44.6 Å². The van der Waals surface area contributed by atoms with Crippen LogP contribution in [-0.4, -0.2) is 23.8 Å². The molecule has 1 saturated carbocycles. The summed E-state index contributed by atoms with van der Waals surface area (Å²) in [7, 11) is 0. The fourth-order valence-electron chi connectivity index (χ4n) is 2.46. The van der Waals surface area contributed by atoms with Crippen molar-refractivity contribution in [3.05, 3.63) is 0 Å². The summed E-state index contributed by atoms with van der Waals surface area (Å²) in [6, 6.07) is 0.632. The maximum absolute atomic E-state index is 9.41. The standard InChI is InChI=1S/C9H17NO/c11-8-4-3-7-2-1-5-10-9(7)6-8/h7-11H,1-6H2/t7-,8+,9-/m0/s1. The molecule has 1 heterocycles. The molecule has 0 amide bonds. The molecule has 11 heavy (non-hydrogen) atoms. The largest absolute Gasteiger partial charge is 0.393 e. The summed E-state index contributed by atoms with van der Waals surface area (Å²) in [5, 5.41) is 12.9. The number of aliphatic hydroxyl groups excluding tert-OH is 1. The van der Waals surface area contributed by atoms with Crippen LogP contribution in [0.25, 0.3) is 0 Å². The molecule has 3 atom stereocenters. The number of aliphatic hydroxyl groups is 1. The molecule has 1 saturated heterocycles. The van der Waals surface area contributed by atoms with Crippen molar-refractivity contribution in [1.82, 2.24) is 5.32 Å². The van der Waals surface area contributed by atoms with Crippen LogP contribution in [0.3, 0.4) is 0 Å². The molecule has 2 aliphatic rings. The predicted molar refractivity (Wildman–Crippen MR) is 44.4 cm³/mol.